The van der Waals surface area contributed by atoms with E-state index in [0.29, 0.717) is 27.9 Å². The Labute approximate surface area is 266 Å². The van der Waals surface area contributed by atoms with Crippen molar-refractivity contribution < 1.29 is 27.2 Å². The predicted octanol–water partition coefficient (Wildman–Crippen LogP) is 6.34. The van der Waals surface area contributed by atoms with E-state index in [2.05, 4.69) is 10.0 Å². The quantitative estimate of drug-likeness (QED) is 0.174. The maximum Gasteiger partial charge on any atom is 0.264 e. The van der Waals surface area contributed by atoms with Crippen LogP contribution in [-0.4, -0.2) is 32.2 Å². The number of nitrogens with one attached hydrogen (secondary N) is 2. The van der Waals surface area contributed by atoms with Crippen LogP contribution >= 0.6 is 0 Å². The number of benzene rings is 5. The molecule has 0 heterocycles. The highest BCUT2D eigenvalue weighted by molar-refractivity contribution is 7.90. The summed E-state index contributed by atoms with van der Waals surface area (Å²) in [7, 11) is -4.35. The number of halogens is 1. The molecule has 0 aromatic heterocycles. The monoisotopic (exact) mass is 637 g/mol. The number of carbonyl (C=O) groups is 3. The van der Waals surface area contributed by atoms with E-state index in [1.165, 1.54) is 41.3 Å². The van der Waals surface area contributed by atoms with Crippen molar-refractivity contribution >= 4 is 49.9 Å². The molecule has 0 spiro atoms. The van der Waals surface area contributed by atoms with Crippen molar-refractivity contribution in [1.29, 1.82) is 0 Å². The van der Waals surface area contributed by atoms with Gasteiger partial charge < -0.3 is 10.2 Å². The molecular formula is C36H32FN3O5S. The first kappa shape index (κ1) is 32.1. The van der Waals surface area contributed by atoms with Crippen LogP contribution < -0.4 is 14.9 Å². The fourth-order valence-electron chi connectivity index (χ4n) is 5.09. The van der Waals surface area contributed by atoms with Crippen molar-refractivity contribution in [3.05, 3.63) is 138 Å². The Hall–Kier alpha value is -5.35. The summed E-state index contributed by atoms with van der Waals surface area (Å²) in [4.78, 5) is 41.7. The molecule has 5 aromatic carbocycles. The summed E-state index contributed by atoms with van der Waals surface area (Å²) in [6, 6.07) is 31.8. The molecule has 10 heteroatoms. The van der Waals surface area contributed by atoms with E-state index in [-0.39, 0.29) is 17.2 Å². The third kappa shape index (κ3) is 7.47. The number of nitrogens with zero attached hydrogens (tertiary/aromatic N) is 1. The molecule has 5 rings (SSSR count). The van der Waals surface area contributed by atoms with Gasteiger partial charge in [-0.3, -0.25) is 14.4 Å². The van der Waals surface area contributed by atoms with Crippen LogP contribution in [-0.2, 0) is 26.0 Å². The van der Waals surface area contributed by atoms with Crippen LogP contribution in [0.5, 0.6) is 0 Å². The van der Waals surface area contributed by atoms with E-state index in [9.17, 15) is 27.2 Å². The molecule has 0 aliphatic rings. The van der Waals surface area contributed by atoms with Crippen molar-refractivity contribution in [3.8, 4) is 0 Å². The zero-order valence-corrected chi connectivity index (χ0v) is 26.0. The smallest absolute Gasteiger partial charge is 0.264 e. The normalized spacial score (nSPS) is 12.0. The van der Waals surface area contributed by atoms with Crippen molar-refractivity contribution in [1.82, 2.24) is 4.72 Å². The summed E-state index contributed by atoms with van der Waals surface area (Å²) in [6.07, 6.45) is -0.144. The molecule has 1 unspecified atom stereocenters. The van der Waals surface area contributed by atoms with Gasteiger partial charge in [0.2, 0.25) is 11.8 Å². The first-order valence-electron chi connectivity index (χ1n) is 14.6. The number of hydrogen-bond acceptors (Lipinski definition) is 5. The molecule has 46 heavy (non-hydrogen) atoms. The van der Waals surface area contributed by atoms with Gasteiger partial charge in [-0.2, -0.15) is 0 Å². The average molecular weight is 638 g/mol. The highest BCUT2D eigenvalue weighted by Crippen LogP contribution is 2.25. The molecule has 2 N–H and O–H groups in total. The zero-order chi connectivity index (χ0) is 32.8. The van der Waals surface area contributed by atoms with E-state index in [1.807, 2.05) is 18.2 Å². The molecule has 234 valence electrons. The maximum atomic E-state index is 14.1. The molecule has 0 radical (unpaired) electrons. The Morgan fingerprint density at radius 3 is 2.04 bits per heavy atom. The van der Waals surface area contributed by atoms with E-state index in [4.69, 9.17) is 0 Å². The second-order valence-corrected chi connectivity index (χ2v) is 12.7. The molecular weight excluding hydrogens is 605 g/mol. The average Bonchev–Trinajstić information content (AvgIpc) is 3.05. The second kappa shape index (κ2) is 13.7. The van der Waals surface area contributed by atoms with Gasteiger partial charge in [-0.25, -0.2) is 17.5 Å². The molecule has 5 aromatic rings. The summed E-state index contributed by atoms with van der Waals surface area (Å²) in [5, 5.41) is 4.31. The first-order valence-corrected chi connectivity index (χ1v) is 16.1. The zero-order valence-electron chi connectivity index (χ0n) is 25.2. The van der Waals surface area contributed by atoms with E-state index in [1.54, 1.807) is 80.6 Å². The molecule has 0 bridgehead atoms. The van der Waals surface area contributed by atoms with Crippen LogP contribution in [0.3, 0.4) is 0 Å². The van der Waals surface area contributed by atoms with E-state index >= 15 is 0 Å². The minimum Gasteiger partial charge on any atom is -0.322 e. The van der Waals surface area contributed by atoms with E-state index < -0.39 is 39.6 Å². The molecule has 0 saturated heterocycles. The van der Waals surface area contributed by atoms with Gasteiger partial charge in [0.15, 0.2) is 0 Å². The molecule has 0 aliphatic carbocycles. The summed E-state index contributed by atoms with van der Waals surface area (Å²) in [5.41, 5.74) is 1.89. The number of carbonyl (C=O) groups excluding carboxylic acids is 3. The van der Waals surface area contributed by atoms with Crippen LogP contribution in [0.4, 0.5) is 15.8 Å². The van der Waals surface area contributed by atoms with Gasteiger partial charge in [-0.15, -0.1) is 0 Å². The van der Waals surface area contributed by atoms with Crippen LogP contribution in [0.15, 0.2) is 126 Å². The van der Waals surface area contributed by atoms with Gasteiger partial charge in [0.1, 0.15) is 11.7 Å². The van der Waals surface area contributed by atoms with Crippen molar-refractivity contribution in [2.45, 2.75) is 31.2 Å². The molecule has 8 nitrogen and oxygen atoms in total. The third-order valence-electron chi connectivity index (χ3n) is 7.43. The Morgan fingerprint density at radius 1 is 0.761 bits per heavy atom. The number of amides is 3. The number of rotatable bonds is 10. The molecule has 3 amide bonds. The lowest BCUT2D eigenvalue weighted by Gasteiger charge is -2.30. The van der Waals surface area contributed by atoms with Crippen molar-refractivity contribution in [3.63, 3.8) is 0 Å². The minimum absolute atomic E-state index is 0.122. The third-order valence-corrected chi connectivity index (χ3v) is 8.77. The van der Waals surface area contributed by atoms with Crippen LogP contribution in [0.1, 0.15) is 29.8 Å². The van der Waals surface area contributed by atoms with Gasteiger partial charge in [0, 0.05) is 23.0 Å². The largest absolute Gasteiger partial charge is 0.322 e. The Bertz CT molecular complexity index is 1980. The topological polar surface area (TPSA) is 113 Å². The summed E-state index contributed by atoms with van der Waals surface area (Å²) >= 11 is 0. The SMILES string of the molecule is CC(C)N(C(=O)C(Cc1ccc(NC(=O)c2ccccc2)cc1)C(=O)NS(=O)(=O)c1ccc2ccccc2c1)c1ccc(F)cc1. The van der Waals surface area contributed by atoms with Gasteiger partial charge in [-0.1, -0.05) is 60.7 Å². The number of hydrogen-bond donors (Lipinski definition) is 2. The molecule has 0 saturated carbocycles. The molecule has 0 aliphatic heterocycles. The fourth-order valence-corrected chi connectivity index (χ4v) is 6.15. The van der Waals surface area contributed by atoms with Crippen molar-refractivity contribution in [2.24, 2.45) is 5.92 Å². The second-order valence-electron chi connectivity index (χ2n) is 11.0. The summed E-state index contributed by atoms with van der Waals surface area (Å²) in [6.45, 7) is 3.48. The number of anilines is 2. The van der Waals surface area contributed by atoms with E-state index in [0.717, 1.165) is 5.39 Å². The van der Waals surface area contributed by atoms with Gasteiger partial charge in [0.05, 0.1) is 4.90 Å². The highest BCUT2D eigenvalue weighted by atomic mass is 32.2. The lowest BCUT2D eigenvalue weighted by Crippen LogP contribution is -2.48. The Balaban J connectivity index is 1.43. The standard InChI is InChI=1S/C36H32FN3O5S/c1-24(2)40(31-19-15-29(37)16-20-31)36(43)33(22-25-12-17-30(18-13-25)38-34(41)27-9-4-3-5-10-27)35(42)39-46(44,45)32-21-14-26-8-6-7-11-28(26)23-32/h3-21,23-24,33H,22H2,1-2H3,(H,38,41)(H,39,42). The molecule has 1 atom stereocenters. The van der Waals surface area contributed by atoms with Gasteiger partial charge in [-0.05, 0) is 97.3 Å². The van der Waals surface area contributed by atoms with Gasteiger partial charge >= 0.3 is 0 Å². The van der Waals surface area contributed by atoms with Crippen LogP contribution in [0.2, 0.25) is 0 Å². The van der Waals surface area contributed by atoms with Crippen molar-refractivity contribution in [2.75, 3.05) is 10.2 Å². The minimum atomic E-state index is -4.35. The highest BCUT2D eigenvalue weighted by Gasteiger charge is 2.35. The first-order chi connectivity index (χ1) is 22.0. The predicted molar refractivity (Wildman–Crippen MR) is 176 cm³/mol. The fraction of sp³-hybridized carbons (Fsp3) is 0.139. The lowest BCUT2D eigenvalue weighted by molar-refractivity contribution is -0.132. The number of fused-ring (bicyclic) bond motifs is 1. The van der Waals surface area contributed by atoms with Crippen LogP contribution in [0.25, 0.3) is 10.8 Å². The lowest BCUT2D eigenvalue weighted by atomic mass is 9.96. The Morgan fingerprint density at radius 2 is 1.39 bits per heavy atom. The maximum absolute atomic E-state index is 14.1. The van der Waals surface area contributed by atoms with Crippen LogP contribution in [0, 0.1) is 11.7 Å². The molecule has 0 fully saturated rings. The summed E-state index contributed by atoms with van der Waals surface area (Å²) < 4.78 is 42.6. The Kier molecular flexibility index (Phi) is 9.58. The summed E-state index contributed by atoms with van der Waals surface area (Å²) in [5.74, 6) is -3.92. The van der Waals surface area contributed by atoms with Gasteiger partial charge in [0.25, 0.3) is 15.9 Å². The number of sulfonamides is 1.